The lowest BCUT2D eigenvalue weighted by molar-refractivity contribution is -0.0942. The Hall–Kier alpha value is -3.13. The zero-order valence-electron chi connectivity index (χ0n) is 21.4. The van der Waals surface area contributed by atoms with Gasteiger partial charge in [0.15, 0.2) is 27.3 Å². The average Bonchev–Trinajstić information content (AvgIpc) is 3.32. The van der Waals surface area contributed by atoms with Crippen LogP contribution in [0, 0.1) is 6.92 Å². The molecule has 0 N–H and O–H groups in total. The molecule has 200 valence electrons. The minimum atomic E-state index is -3.85. The lowest BCUT2D eigenvalue weighted by atomic mass is 10.2. The molecule has 1 aromatic carbocycles. The zero-order valence-corrected chi connectivity index (χ0v) is 22.3. The largest absolute Gasteiger partial charge is 0.494 e. The van der Waals surface area contributed by atoms with Crippen LogP contribution in [0.5, 0.6) is 11.5 Å². The summed E-state index contributed by atoms with van der Waals surface area (Å²) < 4.78 is 57.1. The van der Waals surface area contributed by atoms with Gasteiger partial charge in [-0.3, -0.25) is 4.57 Å². The summed E-state index contributed by atoms with van der Waals surface area (Å²) in [6.07, 6.45) is 1.81. The Morgan fingerprint density at radius 1 is 1.08 bits per heavy atom. The Labute approximate surface area is 215 Å². The van der Waals surface area contributed by atoms with Gasteiger partial charge in [-0.2, -0.15) is 0 Å². The molecular weight excluding hydrogens is 502 g/mol. The molecule has 13 heteroatoms. The standard InChI is InChI=1S/C24H31N5O7S/c1-15-11-25-23(26-12-15)22(34-5)16(2)37(30,31)14-20-27-28-24(19-13-35-9-10-36-19)29(20)21-17(32-3)7-6-8-18(21)33-4/h6-8,11-12,16,19,22H,9-10,13-14H2,1-5H3/t16-,19+,22-/m0/s1. The monoisotopic (exact) mass is 533 g/mol. The molecule has 0 radical (unpaired) electrons. The van der Waals surface area contributed by atoms with Crippen LogP contribution < -0.4 is 9.47 Å². The Morgan fingerprint density at radius 3 is 2.32 bits per heavy atom. The van der Waals surface area contributed by atoms with Gasteiger partial charge in [0.25, 0.3) is 0 Å². The first-order valence-electron chi connectivity index (χ1n) is 11.7. The lowest BCUT2D eigenvalue weighted by Crippen LogP contribution is -2.30. The van der Waals surface area contributed by atoms with Gasteiger partial charge in [-0.1, -0.05) is 6.07 Å². The maximum Gasteiger partial charge on any atom is 0.169 e. The number of nitrogens with zero attached hydrogens (tertiary/aromatic N) is 5. The number of hydrogen-bond donors (Lipinski definition) is 0. The van der Waals surface area contributed by atoms with E-state index in [0.29, 0.717) is 36.2 Å². The number of hydrogen-bond acceptors (Lipinski definition) is 11. The van der Waals surface area contributed by atoms with E-state index < -0.39 is 33.0 Å². The Morgan fingerprint density at radius 2 is 1.76 bits per heavy atom. The maximum absolute atomic E-state index is 13.7. The third-order valence-electron chi connectivity index (χ3n) is 6.12. The van der Waals surface area contributed by atoms with E-state index in [4.69, 9.17) is 23.7 Å². The number of rotatable bonds is 10. The van der Waals surface area contributed by atoms with E-state index in [-0.39, 0.29) is 18.3 Å². The van der Waals surface area contributed by atoms with Crippen LogP contribution in [0.3, 0.4) is 0 Å². The van der Waals surface area contributed by atoms with Gasteiger partial charge in [-0.15, -0.1) is 10.2 Å². The number of para-hydroxylation sites is 1. The molecule has 0 bridgehead atoms. The summed E-state index contributed by atoms with van der Waals surface area (Å²) in [7, 11) is 0.618. The van der Waals surface area contributed by atoms with E-state index in [9.17, 15) is 8.42 Å². The summed E-state index contributed by atoms with van der Waals surface area (Å²) >= 11 is 0. The van der Waals surface area contributed by atoms with E-state index in [1.807, 2.05) is 6.92 Å². The van der Waals surface area contributed by atoms with Gasteiger partial charge in [0.05, 0.1) is 39.3 Å². The number of sulfone groups is 1. The highest BCUT2D eigenvalue weighted by Crippen LogP contribution is 2.37. The van der Waals surface area contributed by atoms with Crippen molar-refractivity contribution in [3.05, 3.63) is 53.6 Å². The second kappa shape index (κ2) is 11.5. The molecule has 0 spiro atoms. The smallest absolute Gasteiger partial charge is 0.169 e. The third-order valence-corrected chi connectivity index (χ3v) is 8.16. The molecule has 0 saturated carbocycles. The maximum atomic E-state index is 13.7. The fourth-order valence-corrected chi connectivity index (χ4v) is 5.54. The fraction of sp³-hybridized carbons (Fsp3) is 0.500. The number of ether oxygens (including phenoxy) is 5. The lowest BCUT2D eigenvalue weighted by Gasteiger charge is -2.25. The summed E-state index contributed by atoms with van der Waals surface area (Å²) in [4.78, 5) is 8.54. The molecule has 2 aromatic heterocycles. The first kappa shape index (κ1) is 26.9. The number of methoxy groups -OCH3 is 3. The van der Waals surface area contributed by atoms with Crippen LogP contribution in [0.4, 0.5) is 0 Å². The minimum absolute atomic E-state index is 0.165. The van der Waals surface area contributed by atoms with Gasteiger partial charge in [0.1, 0.15) is 35.1 Å². The van der Waals surface area contributed by atoms with Gasteiger partial charge in [0.2, 0.25) is 0 Å². The second-order valence-electron chi connectivity index (χ2n) is 8.54. The van der Waals surface area contributed by atoms with Crippen LogP contribution >= 0.6 is 0 Å². The van der Waals surface area contributed by atoms with Crippen molar-refractivity contribution < 1.29 is 32.1 Å². The number of aryl methyl sites for hydroxylation is 1. The van der Waals surface area contributed by atoms with Crippen LogP contribution in [-0.2, 0) is 29.8 Å². The van der Waals surface area contributed by atoms with E-state index in [1.165, 1.54) is 21.3 Å². The zero-order chi connectivity index (χ0) is 26.6. The Bertz CT molecular complexity index is 1290. The highest BCUT2D eigenvalue weighted by atomic mass is 32.2. The molecule has 37 heavy (non-hydrogen) atoms. The Balaban J connectivity index is 1.78. The summed E-state index contributed by atoms with van der Waals surface area (Å²) in [5.41, 5.74) is 1.32. The summed E-state index contributed by atoms with van der Waals surface area (Å²) in [6, 6.07) is 5.27. The topological polar surface area (TPSA) is 137 Å². The second-order valence-corrected chi connectivity index (χ2v) is 10.9. The molecule has 1 aliphatic heterocycles. The molecule has 3 atom stereocenters. The predicted octanol–water partition coefficient (Wildman–Crippen LogP) is 2.16. The molecule has 4 rings (SSSR count). The van der Waals surface area contributed by atoms with Crippen molar-refractivity contribution in [3.63, 3.8) is 0 Å². The highest BCUT2D eigenvalue weighted by Gasteiger charge is 2.36. The summed E-state index contributed by atoms with van der Waals surface area (Å²) in [6.45, 7) is 4.49. The van der Waals surface area contributed by atoms with Crippen molar-refractivity contribution in [1.82, 2.24) is 24.7 Å². The number of benzene rings is 1. The van der Waals surface area contributed by atoms with Gasteiger partial charge in [0, 0.05) is 19.5 Å². The van der Waals surface area contributed by atoms with E-state index in [1.54, 1.807) is 42.1 Å². The van der Waals surface area contributed by atoms with Crippen molar-refractivity contribution in [3.8, 4) is 17.2 Å². The number of aromatic nitrogens is 5. The van der Waals surface area contributed by atoms with Crippen LogP contribution in [0.25, 0.3) is 5.69 Å². The van der Waals surface area contributed by atoms with Crippen LogP contribution in [0.15, 0.2) is 30.6 Å². The van der Waals surface area contributed by atoms with Gasteiger partial charge in [-0.25, -0.2) is 18.4 Å². The first-order chi connectivity index (χ1) is 17.8. The van der Waals surface area contributed by atoms with Crippen molar-refractivity contribution in [2.24, 2.45) is 0 Å². The van der Waals surface area contributed by atoms with E-state index >= 15 is 0 Å². The minimum Gasteiger partial charge on any atom is -0.494 e. The van der Waals surface area contributed by atoms with Gasteiger partial charge < -0.3 is 23.7 Å². The van der Waals surface area contributed by atoms with Gasteiger partial charge in [-0.05, 0) is 31.5 Å². The van der Waals surface area contributed by atoms with E-state index in [0.717, 1.165) is 5.56 Å². The summed E-state index contributed by atoms with van der Waals surface area (Å²) in [5.74, 6) is 1.29. The fourth-order valence-electron chi connectivity index (χ4n) is 4.12. The van der Waals surface area contributed by atoms with Crippen molar-refractivity contribution in [2.45, 2.75) is 37.1 Å². The SMILES string of the molecule is COc1cccc(OC)c1-n1c(CS(=O)(=O)[C@@H](C)[C@H](OC)c2ncc(C)cn2)nnc1[C@H]1COCCO1. The molecular formula is C24H31N5O7S. The van der Waals surface area contributed by atoms with Crippen LogP contribution in [0.1, 0.15) is 42.2 Å². The molecule has 1 aliphatic rings. The molecule has 3 aromatic rings. The van der Waals surface area contributed by atoms with Gasteiger partial charge >= 0.3 is 0 Å². The quantitative estimate of drug-likeness (QED) is 0.379. The molecule has 0 amide bonds. The predicted molar refractivity (Wildman–Crippen MR) is 133 cm³/mol. The van der Waals surface area contributed by atoms with Crippen molar-refractivity contribution in [2.75, 3.05) is 41.2 Å². The molecule has 0 aliphatic carbocycles. The van der Waals surface area contributed by atoms with Crippen LogP contribution in [0.2, 0.25) is 0 Å². The third kappa shape index (κ3) is 5.59. The summed E-state index contributed by atoms with van der Waals surface area (Å²) in [5, 5.41) is 7.61. The molecule has 0 unspecified atom stereocenters. The van der Waals surface area contributed by atoms with E-state index in [2.05, 4.69) is 20.2 Å². The van der Waals surface area contributed by atoms with Crippen LogP contribution in [-0.4, -0.2) is 79.6 Å². The highest BCUT2D eigenvalue weighted by molar-refractivity contribution is 7.91. The molecule has 3 heterocycles. The average molecular weight is 534 g/mol. The van der Waals surface area contributed by atoms with Crippen molar-refractivity contribution in [1.29, 1.82) is 0 Å². The van der Waals surface area contributed by atoms with Crippen molar-refractivity contribution >= 4 is 9.84 Å². The Kier molecular flexibility index (Phi) is 8.37. The molecule has 1 saturated heterocycles. The molecule has 1 fully saturated rings. The molecule has 12 nitrogen and oxygen atoms in total. The first-order valence-corrected chi connectivity index (χ1v) is 13.4. The normalized spacial score (nSPS) is 17.8.